The van der Waals surface area contributed by atoms with Gasteiger partial charge in [-0.3, -0.25) is 24.3 Å². The second-order valence-electron chi connectivity index (χ2n) is 3.54. The summed E-state index contributed by atoms with van der Waals surface area (Å²) in [6.07, 6.45) is 2.18. The molecule has 1 aromatic heterocycles. The van der Waals surface area contributed by atoms with Crippen LogP contribution in [0, 0.1) is 0 Å². The monoisotopic (exact) mass is 250 g/mol. The van der Waals surface area contributed by atoms with Gasteiger partial charge in [0.05, 0.1) is 5.56 Å². The Morgan fingerprint density at radius 3 is 2.56 bits per heavy atom. The van der Waals surface area contributed by atoms with Gasteiger partial charge in [0.1, 0.15) is 5.69 Å². The molecule has 1 heterocycles. The molecule has 3 amide bonds. The first-order chi connectivity index (χ1) is 8.60. The molecule has 0 radical (unpaired) electrons. The number of primary amides is 1. The van der Waals surface area contributed by atoms with E-state index in [0.29, 0.717) is 19.4 Å². The van der Waals surface area contributed by atoms with E-state index in [9.17, 15) is 14.4 Å². The lowest BCUT2D eigenvalue weighted by molar-refractivity contribution is -0.116. The summed E-state index contributed by atoms with van der Waals surface area (Å²) in [5.74, 6) is -1.16. The summed E-state index contributed by atoms with van der Waals surface area (Å²) in [6.45, 7) is 0.632. The van der Waals surface area contributed by atoms with Crippen molar-refractivity contribution >= 4 is 18.2 Å². The number of aromatic nitrogens is 1. The van der Waals surface area contributed by atoms with Gasteiger partial charge in [-0.2, -0.15) is 0 Å². The average Bonchev–Trinajstić information content (AvgIpc) is 2.39. The molecule has 1 aromatic rings. The van der Waals surface area contributed by atoms with Crippen molar-refractivity contribution in [3.63, 3.8) is 0 Å². The maximum Gasteiger partial charge on any atom is 0.267 e. The molecule has 7 heteroatoms. The molecule has 1 rings (SSSR count). The lowest BCUT2D eigenvalue weighted by Crippen LogP contribution is -2.31. The van der Waals surface area contributed by atoms with Crippen LogP contribution in [-0.4, -0.2) is 41.2 Å². The van der Waals surface area contributed by atoms with Gasteiger partial charge < -0.3 is 11.5 Å². The minimum absolute atomic E-state index is 0.0613. The van der Waals surface area contributed by atoms with Gasteiger partial charge in [0, 0.05) is 12.7 Å². The zero-order valence-corrected chi connectivity index (χ0v) is 9.70. The Bertz CT molecular complexity index is 444. The lowest BCUT2D eigenvalue weighted by atomic mass is 10.2. The molecule has 0 spiro atoms. The van der Waals surface area contributed by atoms with Gasteiger partial charge in [-0.25, -0.2) is 0 Å². The summed E-state index contributed by atoms with van der Waals surface area (Å²) in [5.41, 5.74) is 10.6. The van der Waals surface area contributed by atoms with E-state index < -0.39 is 11.8 Å². The summed E-state index contributed by atoms with van der Waals surface area (Å²) >= 11 is 0. The Morgan fingerprint density at radius 2 is 2.11 bits per heavy atom. The van der Waals surface area contributed by atoms with Crippen molar-refractivity contribution in [1.29, 1.82) is 0 Å². The van der Waals surface area contributed by atoms with Crippen molar-refractivity contribution < 1.29 is 14.4 Å². The first kappa shape index (κ1) is 13.8. The molecular formula is C11H14N4O3. The molecule has 0 aliphatic rings. The Hall–Kier alpha value is -2.28. The highest BCUT2D eigenvalue weighted by atomic mass is 16.2. The second kappa shape index (κ2) is 6.45. The van der Waals surface area contributed by atoms with Crippen LogP contribution in [0.1, 0.15) is 27.3 Å². The molecule has 0 saturated heterocycles. The standard InChI is InChI=1S/C11H14N4O3/c12-4-1-5-15(7-16)11(18)8-2-3-9(10(13)17)14-6-8/h2-3,6-7H,1,4-5,12H2,(H2,13,17). The van der Waals surface area contributed by atoms with Crippen LogP contribution in [0.15, 0.2) is 18.3 Å². The highest BCUT2D eigenvalue weighted by Crippen LogP contribution is 2.04. The zero-order chi connectivity index (χ0) is 13.5. The van der Waals surface area contributed by atoms with Gasteiger partial charge in [-0.05, 0) is 25.1 Å². The largest absolute Gasteiger partial charge is 0.364 e. The second-order valence-corrected chi connectivity index (χ2v) is 3.54. The van der Waals surface area contributed by atoms with E-state index in [2.05, 4.69) is 4.98 Å². The van der Waals surface area contributed by atoms with Gasteiger partial charge in [-0.1, -0.05) is 0 Å². The van der Waals surface area contributed by atoms with Gasteiger partial charge in [0.2, 0.25) is 6.41 Å². The van der Waals surface area contributed by atoms with E-state index in [1.807, 2.05) is 0 Å². The molecule has 0 aliphatic carbocycles. The first-order valence-electron chi connectivity index (χ1n) is 5.32. The number of nitrogens with two attached hydrogens (primary N) is 2. The maximum atomic E-state index is 11.9. The minimum Gasteiger partial charge on any atom is -0.364 e. The molecular weight excluding hydrogens is 236 g/mol. The number of imide groups is 1. The molecule has 18 heavy (non-hydrogen) atoms. The molecule has 0 aromatic carbocycles. The fourth-order valence-corrected chi connectivity index (χ4v) is 1.30. The smallest absolute Gasteiger partial charge is 0.267 e. The molecule has 0 aliphatic heterocycles. The summed E-state index contributed by atoms with van der Waals surface area (Å²) in [4.78, 5) is 38.2. The van der Waals surface area contributed by atoms with Crippen molar-refractivity contribution in [3.8, 4) is 0 Å². The fraction of sp³-hybridized carbons (Fsp3) is 0.273. The SMILES string of the molecule is NCCCN(C=O)C(=O)c1ccc(C(N)=O)nc1. The summed E-state index contributed by atoms with van der Waals surface area (Å²) in [7, 11) is 0. The quantitative estimate of drug-likeness (QED) is 0.636. The van der Waals surface area contributed by atoms with Crippen molar-refractivity contribution in [2.45, 2.75) is 6.42 Å². The molecule has 0 bridgehead atoms. The zero-order valence-electron chi connectivity index (χ0n) is 9.70. The van der Waals surface area contributed by atoms with Gasteiger partial charge >= 0.3 is 0 Å². The van der Waals surface area contributed by atoms with Crippen LogP contribution in [0.4, 0.5) is 0 Å². The lowest BCUT2D eigenvalue weighted by Gasteiger charge is -2.14. The van der Waals surface area contributed by atoms with Crippen LogP contribution in [0.3, 0.4) is 0 Å². The van der Waals surface area contributed by atoms with Crippen LogP contribution < -0.4 is 11.5 Å². The topological polar surface area (TPSA) is 119 Å². The minimum atomic E-state index is -0.677. The van der Waals surface area contributed by atoms with Crippen LogP contribution in [-0.2, 0) is 4.79 Å². The Morgan fingerprint density at radius 1 is 1.39 bits per heavy atom. The van der Waals surface area contributed by atoms with Crippen LogP contribution in [0.2, 0.25) is 0 Å². The van der Waals surface area contributed by atoms with Crippen molar-refractivity contribution in [2.24, 2.45) is 11.5 Å². The number of nitrogens with zero attached hydrogens (tertiary/aromatic N) is 2. The van der Waals surface area contributed by atoms with E-state index in [1.165, 1.54) is 18.3 Å². The molecule has 7 nitrogen and oxygen atoms in total. The number of hydrogen-bond donors (Lipinski definition) is 2. The highest BCUT2D eigenvalue weighted by molar-refractivity contribution is 6.00. The molecule has 0 atom stereocenters. The summed E-state index contributed by atoms with van der Waals surface area (Å²) in [6, 6.07) is 2.73. The first-order valence-corrected chi connectivity index (χ1v) is 5.32. The average molecular weight is 250 g/mol. The summed E-state index contributed by atoms with van der Waals surface area (Å²) in [5, 5.41) is 0. The molecule has 0 saturated carbocycles. The Kier molecular flexibility index (Phi) is 4.94. The highest BCUT2D eigenvalue weighted by Gasteiger charge is 2.15. The third-order valence-electron chi connectivity index (χ3n) is 2.25. The van der Waals surface area contributed by atoms with Gasteiger partial charge in [0.25, 0.3) is 11.8 Å². The third kappa shape index (κ3) is 3.36. The third-order valence-corrected chi connectivity index (χ3v) is 2.25. The van der Waals surface area contributed by atoms with E-state index >= 15 is 0 Å². The van der Waals surface area contributed by atoms with Gasteiger partial charge in [-0.15, -0.1) is 0 Å². The maximum absolute atomic E-state index is 11.9. The number of hydrogen-bond acceptors (Lipinski definition) is 5. The predicted molar refractivity (Wildman–Crippen MR) is 63.5 cm³/mol. The molecule has 0 unspecified atom stereocenters. The van der Waals surface area contributed by atoms with E-state index in [0.717, 1.165) is 4.90 Å². The molecule has 0 fully saturated rings. The van der Waals surface area contributed by atoms with E-state index in [-0.39, 0.29) is 17.8 Å². The molecule has 96 valence electrons. The van der Waals surface area contributed by atoms with Crippen molar-refractivity contribution in [1.82, 2.24) is 9.88 Å². The van der Waals surface area contributed by atoms with Gasteiger partial charge in [0.15, 0.2) is 0 Å². The Balaban J connectivity index is 2.81. The van der Waals surface area contributed by atoms with Crippen LogP contribution in [0.5, 0.6) is 0 Å². The fourth-order valence-electron chi connectivity index (χ4n) is 1.30. The number of carbonyl (C=O) groups is 3. The normalized spacial score (nSPS) is 9.83. The Labute approximate surface area is 104 Å². The number of pyridine rings is 1. The number of rotatable bonds is 6. The predicted octanol–water partition coefficient (Wildman–Crippen LogP) is -0.872. The van der Waals surface area contributed by atoms with E-state index in [1.54, 1.807) is 0 Å². The number of amides is 3. The van der Waals surface area contributed by atoms with Crippen LogP contribution in [0.25, 0.3) is 0 Å². The van der Waals surface area contributed by atoms with Crippen LogP contribution >= 0.6 is 0 Å². The summed E-state index contributed by atoms with van der Waals surface area (Å²) < 4.78 is 0. The number of carbonyl (C=O) groups excluding carboxylic acids is 3. The molecule has 4 N–H and O–H groups in total. The van der Waals surface area contributed by atoms with Crippen molar-refractivity contribution in [3.05, 3.63) is 29.6 Å². The van der Waals surface area contributed by atoms with Crippen molar-refractivity contribution in [2.75, 3.05) is 13.1 Å². The van der Waals surface area contributed by atoms with E-state index in [4.69, 9.17) is 11.5 Å².